The molecular weight excluding hydrogens is 225 g/mol. The summed E-state index contributed by atoms with van der Waals surface area (Å²) in [5.41, 5.74) is 1.93. The molecule has 2 rings (SSSR count). The van der Waals surface area contributed by atoms with Crippen LogP contribution in [0.3, 0.4) is 0 Å². The van der Waals surface area contributed by atoms with Crippen molar-refractivity contribution in [2.75, 3.05) is 0 Å². The Morgan fingerprint density at radius 3 is 2.31 bits per heavy atom. The van der Waals surface area contributed by atoms with Crippen LogP contribution in [0.15, 0.2) is 30.3 Å². The van der Waals surface area contributed by atoms with Crippen molar-refractivity contribution in [2.24, 2.45) is 0 Å². The molecule has 0 bridgehead atoms. The second-order valence-corrected chi connectivity index (χ2v) is 4.40. The molecule has 1 heterocycles. The van der Waals surface area contributed by atoms with Gasteiger partial charge in [-0.05, 0) is 29.7 Å². The highest BCUT2D eigenvalue weighted by atomic mass is 35.5. The number of nitrogens with zero attached hydrogens (tertiary/aromatic N) is 1. The van der Waals surface area contributed by atoms with Crippen LogP contribution in [0.1, 0.15) is 0 Å². The molecule has 4 heteroatoms. The van der Waals surface area contributed by atoms with Crippen molar-refractivity contribution in [3.63, 3.8) is 0 Å². The lowest BCUT2D eigenvalue weighted by molar-refractivity contribution is 1.52. The zero-order valence-corrected chi connectivity index (χ0v) is 8.83. The third kappa shape index (κ3) is 2.02. The third-order valence-electron chi connectivity index (χ3n) is 1.62. The zero-order valence-electron chi connectivity index (χ0n) is 6.50. The van der Waals surface area contributed by atoms with Crippen molar-refractivity contribution in [2.45, 2.75) is 0 Å². The van der Waals surface area contributed by atoms with E-state index in [1.54, 1.807) is 0 Å². The van der Waals surface area contributed by atoms with E-state index in [-0.39, 0.29) is 0 Å². The van der Waals surface area contributed by atoms with Gasteiger partial charge in [0.05, 0.1) is 5.69 Å². The predicted molar refractivity (Wildman–Crippen MR) is 57.6 cm³/mol. The maximum absolute atomic E-state index is 5.77. The molecule has 0 aliphatic heterocycles. The van der Waals surface area contributed by atoms with Gasteiger partial charge in [0.2, 0.25) is 0 Å². The molecule has 0 N–H and O–H groups in total. The van der Waals surface area contributed by atoms with Crippen LogP contribution in [0.2, 0.25) is 9.36 Å². The van der Waals surface area contributed by atoms with Crippen LogP contribution < -0.4 is 0 Å². The average molecular weight is 230 g/mol. The van der Waals surface area contributed by atoms with Gasteiger partial charge in [-0.15, -0.1) is 0 Å². The summed E-state index contributed by atoms with van der Waals surface area (Å²) in [6, 6.07) is 9.37. The minimum absolute atomic E-state index is 0.699. The number of benzene rings is 1. The van der Waals surface area contributed by atoms with Crippen molar-refractivity contribution < 1.29 is 0 Å². The third-order valence-corrected chi connectivity index (χ3v) is 2.77. The Hall–Kier alpha value is -0.570. The van der Waals surface area contributed by atoms with Gasteiger partial charge in [-0.25, -0.2) is 0 Å². The molecule has 1 nitrogen and oxygen atoms in total. The van der Waals surface area contributed by atoms with Crippen molar-refractivity contribution >= 4 is 34.7 Å². The summed E-state index contributed by atoms with van der Waals surface area (Å²) in [6.45, 7) is 0. The van der Waals surface area contributed by atoms with E-state index >= 15 is 0 Å². The molecule has 0 amide bonds. The fourth-order valence-corrected chi connectivity index (χ4v) is 1.85. The molecule has 0 atom stereocenters. The molecule has 0 radical (unpaired) electrons. The van der Waals surface area contributed by atoms with Crippen LogP contribution in [0.25, 0.3) is 11.3 Å². The van der Waals surface area contributed by atoms with Gasteiger partial charge in [0.1, 0.15) is 4.34 Å². The Kier molecular flexibility index (Phi) is 2.54. The Morgan fingerprint density at radius 1 is 1.08 bits per heavy atom. The number of aromatic nitrogens is 1. The minimum atomic E-state index is 0.699. The Morgan fingerprint density at radius 2 is 1.77 bits per heavy atom. The molecule has 0 aliphatic rings. The van der Waals surface area contributed by atoms with Crippen molar-refractivity contribution in [3.05, 3.63) is 39.7 Å². The zero-order chi connectivity index (χ0) is 9.26. The molecule has 0 aliphatic carbocycles. The largest absolute Gasteiger partial charge is 0.191 e. The van der Waals surface area contributed by atoms with E-state index in [0.717, 1.165) is 16.3 Å². The number of hydrogen-bond donors (Lipinski definition) is 0. The lowest BCUT2D eigenvalue weighted by Gasteiger charge is -1.94. The van der Waals surface area contributed by atoms with Gasteiger partial charge in [-0.1, -0.05) is 35.3 Å². The quantitative estimate of drug-likeness (QED) is 0.718. The van der Waals surface area contributed by atoms with E-state index in [1.165, 1.54) is 11.5 Å². The lowest BCUT2D eigenvalue weighted by atomic mass is 10.2. The van der Waals surface area contributed by atoms with E-state index in [4.69, 9.17) is 23.2 Å². The van der Waals surface area contributed by atoms with Crippen LogP contribution in [0.4, 0.5) is 0 Å². The number of rotatable bonds is 1. The molecule has 0 saturated carbocycles. The van der Waals surface area contributed by atoms with Gasteiger partial charge in [0.25, 0.3) is 0 Å². The molecule has 0 unspecified atom stereocenters. The van der Waals surface area contributed by atoms with E-state index < -0.39 is 0 Å². The van der Waals surface area contributed by atoms with Crippen LogP contribution in [-0.2, 0) is 0 Å². The highest BCUT2D eigenvalue weighted by molar-refractivity contribution is 7.10. The van der Waals surface area contributed by atoms with E-state index in [0.29, 0.717) is 4.34 Å². The maximum atomic E-state index is 5.77. The van der Waals surface area contributed by atoms with Crippen LogP contribution in [0.5, 0.6) is 0 Å². The van der Waals surface area contributed by atoms with Gasteiger partial charge < -0.3 is 0 Å². The molecule has 0 spiro atoms. The summed E-state index contributed by atoms with van der Waals surface area (Å²) in [7, 11) is 0. The standard InChI is InChI=1S/C9H5Cl2NS/c10-7-3-1-6(2-4-7)8-5-9(11)13-12-8/h1-5H. The summed E-state index contributed by atoms with van der Waals surface area (Å²) in [6.07, 6.45) is 0. The molecule has 0 saturated heterocycles. The van der Waals surface area contributed by atoms with Crippen molar-refractivity contribution in [1.82, 2.24) is 4.37 Å². The smallest absolute Gasteiger partial charge is 0.114 e. The van der Waals surface area contributed by atoms with E-state index in [9.17, 15) is 0 Å². The molecule has 13 heavy (non-hydrogen) atoms. The summed E-state index contributed by atoms with van der Waals surface area (Å²) < 4.78 is 4.88. The van der Waals surface area contributed by atoms with Crippen LogP contribution in [0, 0.1) is 0 Å². The summed E-state index contributed by atoms with van der Waals surface area (Å²) in [5.74, 6) is 0. The highest BCUT2D eigenvalue weighted by Crippen LogP contribution is 2.25. The number of hydrogen-bond acceptors (Lipinski definition) is 2. The SMILES string of the molecule is Clc1ccc(-c2cc(Cl)sn2)cc1. The topological polar surface area (TPSA) is 12.9 Å². The van der Waals surface area contributed by atoms with Gasteiger partial charge in [-0.3, -0.25) is 0 Å². The molecule has 2 aromatic rings. The first-order valence-corrected chi connectivity index (χ1v) is 5.17. The lowest BCUT2D eigenvalue weighted by Crippen LogP contribution is -1.74. The highest BCUT2D eigenvalue weighted by Gasteiger charge is 2.01. The van der Waals surface area contributed by atoms with Gasteiger partial charge >= 0.3 is 0 Å². The molecular formula is C9H5Cl2NS. The predicted octanol–water partition coefficient (Wildman–Crippen LogP) is 4.12. The molecule has 1 aromatic heterocycles. The minimum Gasteiger partial charge on any atom is -0.191 e. The first-order valence-electron chi connectivity index (χ1n) is 3.64. The summed E-state index contributed by atoms with van der Waals surface area (Å²) in [4.78, 5) is 0. The normalized spacial score (nSPS) is 10.3. The fraction of sp³-hybridized carbons (Fsp3) is 0. The van der Waals surface area contributed by atoms with Crippen LogP contribution >= 0.6 is 34.7 Å². The Balaban J connectivity index is 2.41. The second-order valence-electron chi connectivity index (χ2n) is 2.52. The molecule has 0 fully saturated rings. The van der Waals surface area contributed by atoms with Crippen molar-refractivity contribution in [3.8, 4) is 11.3 Å². The molecule has 66 valence electrons. The second kappa shape index (κ2) is 3.66. The van der Waals surface area contributed by atoms with E-state index in [1.807, 2.05) is 30.3 Å². The maximum Gasteiger partial charge on any atom is 0.114 e. The first-order chi connectivity index (χ1) is 6.25. The van der Waals surface area contributed by atoms with Crippen LogP contribution in [-0.4, -0.2) is 4.37 Å². The first kappa shape index (κ1) is 9.00. The number of halogens is 2. The summed E-state index contributed by atoms with van der Waals surface area (Å²) >= 11 is 12.8. The van der Waals surface area contributed by atoms with E-state index in [2.05, 4.69) is 4.37 Å². The molecule has 1 aromatic carbocycles. The Bertz CT molecular complexity index is 408. The van der Waals surface area contributed by atoms with Gasteiger partial charge in [-0.2, -0.15) is 4.37 Å². The van der Waals surface area contributed by atoms with Gasteiger partial charge in [0, 0.05) is 10.6 Å². The van der Waals surface area contributed by atoms with Gasteiger partial charge in [0.15, 0.2) is 0 Å². The monoisotopic (exact) mass is 229 g/mol. The summed E-state index contributed by atoms with van der Waals surface area (Å²) in [5, 5.41) is 0.727. The Labute approximate surface area is 90.1 Å². The average Bonchev–Trinajstić information content (AvgIpc) is 2.53. The van der Waals surface area contributed by atoms with Crippen molar-refractivity contribution in [1.29, 1.82) is 0 Å². The fourth-order valence-electron chi connectivity index (χ4n) is 1.01.